The Balaban J connectivity index is 1.55. The van der Waals surface area contributed by atoms with Gasteiger partial charge in [-0.3, -0.25) is 4.90 Å². The Morgan fingerprint density at radius 1 is 1.00 bits per heavy atom. The number of β-amino-alcohol motifs (C(OH)–C–C–N with tert-alkyl or cyclic N) is 1. The van der Waals surface area contributed by atoms with Crippen LogP contribution in [0.1, 0.15) is 17.2 Å². The normalized spacial score (nSPS) is 16.9. The van der Waals surface area contributed by atoms with Crippen molar-refractivity contribution in [2.45, 2.75) is 12.3 Å². The van der Waals surface area contributed by atoms with E-state index in [4.69, 9.17) is 0 Å². The molecule has 7 heteroatoms. The molecule has 0 saturated carbocycles. The van der Waals surface area contributed by atoms with Gasteiger partial charge in [0.2, 0.25) is 0 Å². The van der Waals surface area contributed by atoms with Gasteiger partial charge in [0, 0.05) is 58.2 Å². The average Bonchev–Trinajstić information content (AvgIpc) is 2.68. The number of benzene rings is 2. The van der Waals surface area contributed by atoms with E-state index in [0.29, 0.717) is 38.4 Å². The van der Waals surface area contributed by atoms with Gasteiger partial charge in [-0.15, -0.1) is 0 Å². The summed E-state index contributed by atoms with van der Waals surface area (Å²) in [6, 6.07) is 13.3. The van der Waals surface area contributed by atoms with Crippen molar-refractivity contribution in [3.63, 3.8) is 0 Å². The lowest BCUT2D eigenvalue weighted by Gasteiger charge is -2.37. The van der Waals surface area contributed by atoms with Crippen LogP contribution < -0.4 is 9.80 Å². The Kier molecular flexibility index (Phi) is 6.15. The predicted octanol–water partition coefficient (Wildman–Crippen LogP) is 3.63. The maximum absolute atomic E-state index is 12.9. The topological polar surface area (TPSA) is 30.0 Å². The van der Waals surface area contributed by atoms with Crippen molar-refractivity contribution in [2.75, 3.05) is 56.6 Å². The van der Waals surface area contributed by atoms with Crippen LogP contribution in [0.4, 0.5) is 24.5 Å². The van der Waals surface area contributed by atoms with Gasteiger partial charge >= 0.3 is 6.18 Å². The van der Waals surface area contributed by atoms with E-state index >= 15 is 0 Å². The molecule has 28 heavy (non-hydrogen) atoms. The highest BCUT2D eigenvalue weighted by molar-refractivity contribution is 5.50. The summed E-state index contributed by atoms with van der Waals surface area (Å²) < 4.78 is 38.7. The highest BCUT2D eigenvalue weighted by atomic mass is 19.4. The first-order chi connectivity index (χ1) is 13.2. The lowest BCUT2D eigenvalue weighted by Crippen LogP contribution is -2.47. The van der Waals surface area contributed by atoms with E-state index in [0.717, 1.165) is 17.3 Å². The molecule has 1 saturated heterocycles. The summed E-state index contributed by atoms with van der Waals surface area (Å²) in [5.41, 5.74) is 1.91. The Hall–Kier alpha value is -2.25. The Morgan fingerprint density at radius 2 is 1.64 bits per heavy atom. The molecule has 1 N–H and O–H groups in total. The van der Waals surface area contributed by atoms with Gasteiger partial charge < -0.3 is 14.9 Å². The number of halogens is 3. The fourth-order valence-corrected chi connectivity index (χ4v) is 3.41. The zero-order chi connectivity index (χ0) is 20.3. The van der Waals surface area contributed by atoms with Gasteiger partial charge in [-0.1, -0.05) is 18.2 Å². The van der Waals surface area contributed by atoms with Crippen molar-refractivity contribution in [3.8, 4) is 0 Å². The Morgan fingerprint density at radius 3 is 2.21 bits per heavy atom. The van der Waals surface area contributed by atoms with Gasteiger partial charge in [0.25, 0.3) is 0 Å². The van der Waals surface area contributed by atoms with E-state index < -0.39 is 17.8 Å². The van der Waals surface area contributed by atoms with E-state index in [1.54, 1.807) is 6.07 Å². The van der Waals surface area contributed by atoms with Crippen molar-refractivity contribution >= 4 is 11.4 Å². The SMILES string of the molecule is CN(C)c1ccc([C@H](O)CN2CCN(c3cccc(C(F)(F)F)c3)CC2)cc1. The smallest absolute Gasteiger partial charge is 0.387 e. The number of anilines is 2. The van der Waals surface area contributed by atoms with Crippen molar-refractivity contribution in [2.24, 2.45) is 0 Å². The minimum absolute atomic E-state index is 0.512. The minimum atomic E-state index is -4.33. The zero-order valence-electron chi connectivity index (χ0n) is 16.2. The number of hydrogen-bond acceptors (Lipinski definition) is 4. The van der Waals surface area contributed by atoms with Crippen LogP contribution in [0.25, 0.3) is 0 Å². The second-order valence-electron chi connectivity index (χ2n) is 7.34. The van der Waals surface area contributed by atoms with Gasteiger partial charge in [-0.05, 0) is 35.9 Å². The third-order valence-electron chi connectivity index (χ3n) is 5.14. The summed E-state index contributed by atoms with van der Waals surface area (Å²) in [4.78, 5) is 6.11. The maximum atomic E-state index is 12.9. The standard InChI is InChI=1S/C21H26F3N3O/c1-25(2)18-8-6-16(7-9-18)20(28)15-26-10-12-27(13-11-26)19-5-3-4-17(14-19)21(22,23)24/h3-9,14,20,28H,10-13,15H2,1-2H3/t20-/m1/s1. The number of hydrogen-bond donors (Lipinski definition) is 1. The highest BCUT2D eigenvalue weighted by Gasteiger charge is 2.31. The first kappa shape index (κ1) is 20.5. The third kappa shape index (κ3) is 4.97. The molecule has 2 aromatic rings. The van der Waals surface area contributed by atoms with Gasteiger partial charge in [-0.2, -0.15) is 13.2 Å². The van der Waals surface area contributed by atoms with E-state index in [1.807, 2.05) is 48.2 Å². The number of rotatable bonds is 5. The van der Waals surface area contributed by atoms with E-state index in [2.05, 4.69) is 4.90 Å². The van der Waals surface area contributed by atoms with Crippen molar-refractivity contribution < 1.29 is 18.3 Å². The molecule has 4 nitrogen and oxygen atoms in total. The molecule has 1 heterocycles. The molecule has 1 fully saturated rings. The van der Waals surface area contributed by atoms with E-state index in [-0.39, 0.29) is 0 Å². The van der Waals surface area contributed by atoms with Gasteiger partial charge in [0.05, 0.1) is 11.7 Å². The molecule has 1 aliphatic rings. The molecule has 152 valence electrons. The largest absolute Gasteiger partial charge is 0.416 e. The van der Waals surface area contributed by atoms with E-state index in [9.17, 15) is 18.3 Å². The van der Waals surface area contributed by atoms with Crippen molar-refractivity contribution in [1.29, 1.82) is 0 Å². The summed E-state index contributed by atoms with van der Waals surface area (Å²) in [6.45, 7) is 3.17. The molecule has 0 spiro atoms. The fourth-order valence-electron chi connectivity index (χ4n) is 3.41. The number of piperazine rings is 1. The minimum Gasteiger partial charge on any atom is -0.387 e. The van der Waals surface area contributed by atoms with Gasteiger partial charge in [-0.25, -0.2) is 0 Å². The molecule has 0 radical (unpaired) electrons. The molecule has 2 aromatic carbocycles. The van der Waals surface area contributed by atoms with Crippen LogP contribution in [0.15, 0.2) is 48.5 Å². The first-order valence-corrected chi connectivity index (χ1v) is 9.34. The Bertz CT molecular complexity index is 769. The summed E-state index contributed by atoms with van der Waals surface area (Å²) in [5, 5.41) is 10.5. The Labute approximate surface area is 163 Å². The zero-order valence-corrected chi connectivity index (χ0v) is 16.2. The van der Waals surface area contributed by atoms with Crippen LogP contribution in [-0.4, -0.2) is 56.8 Å². The van der Waals surface area contributed by atoms with Gasteiger partial charge in [0.15, 0.2) is 0 Å². The quantitative estimate of drug-likeness (QED) is 0.840. The molecule has 0 aromatic heterocycles. The number of alkyl halides is 3. The molecule has 0 bridgehead atoms. The van der Waals surface area contributed by atoms with Crippen molar-refractivity contribution in [1.82, 2.24) is 4.90 Å². The number of aliphatic hydroxyl groups excluding tert-OH is 1. The highest BCUT2D eigenvalue weighted by Crippen LogP contribution is 2.32. The third-order valence-corrected chi connectivity index (χ3v) is 5.14. The van der Waals surface area contributed by atoms with Crippen LogP contribution in [0.2, 0.25) is 0 Å². The summed E-state index contributed by atoms with van der Waals surface area (Å²) >= 11 is 0. The predicted molar refractivity (Wildman–Crippen MR) is 106 cm³/mol. The maximum Gasteiger partial charge on any atom is 0.416 e. The molecule has 3 rings (SSSR count). The first-order valence-electron chi connectivity index (χ1n) is 9.34. The number of aliphatic hydroxyl groups is 1. The summed E-state index contributed by atoms with van der Waals surface area (Å²) in [6.07, 6.45) is -4.92. The van der Waals surface area contributed by atoms with E-state index in [1.165, 1.54) is 12.1 Å². The van der Waals surface area contributed by atoms with Crippen LogP contribution in [0, 0.1) is 0 Å². The molecular formula is C21H26F3N3O. The van der Waals surface area contributed by atoms with Gasteiger partial charge in [0.1, 0.15) is 0 Å². The summed E-state index contributed by atoms with van der Waals surface area (Å²) in [7, 11) is 3.94. The fraction of sp³-hybridized carbons (Fsp3) is 0.429. The van der Waals surface area contributed by atoms with Crippen LogP contribution in [0.3, 0.4) is 0 Å². The summed E-state index contributed by atoms with van der Waals surface area (Å²) in [5.74, 6) is 0. The lowest BCUT2D eigenvalue weighted by molar-refractivity contribution is -0.137. The van der Waals surface area contributed by atoms with Crippen LogP contribution in [-0.2, 0) is 6.18 Å². The second-order valence-corrected chi connectivity index (χ2v) is 7.34. The average molecular weight is 393 g/mol. The molecule has 0 unspecified atom stereocenters. The lowest BCUT2D eigenvalue weighted by atomic mass is 10.1. The molecule has 1 atom stereocenters. The van der Waals surface area contributed by atoms with Crippen LogP contribution >= 0.6 is 0 Å². The van der Waals surface area contributed by atoms with Crippen molar-refractivity contribution in [3.05, 3.63) is 59.7 Å². The second kappa shape index (κ2) is 8.41. The van der Waals surface area contributed by atoms with Crippen LogP contribution in [0.5, 0.6) is 0 Å². The molecule has 1 aliphatic heterocycles. The monoisotopic (exact) mass is 393 g/mol. The molecule has 0 amide bonds. The number of nitrogens with zero attached hydrogens (tertiary/aromatic N) is 3. The molecular weight excluding hydrogens is 367 g/mol. The molecule has 0 aliphatic carbocycles.